The van der Waals surface area contributed by atoms with E-state index >= 15 is 0 Å². The summed E-state index contributed by atoms with van der Waals surface area (Å²) in [5, 5.41) is 2.98. The molecule has 1 aromatic rings. The van der Waals surface area contributed by atoms with E-state index in [1.807, 2.05) is 0 Å². The highest BCUT2D eigenvalue weighted by molar-refractivity contribution is 5.41. The Labute approximate surface area is 157 Å². The Morgan fingerprint density at radius 2 is 1.96 bits per heavy atom. The van der Waals surface area contributed by atoms with Gasteiger partial charge in [-0.1, -0.05) is 51.3 Å². The second-order valence-electron chi connectivity index (χ2n) is 8.21. The predicted molar refractivity (Wildman–Crippen MR) is 108 cm³/mol. The van der Waals surface area contributed by atoms with Crippen molar-refractivity contribution in [3.05, 3.63) is 29.3 Å². The maximum absolute atomic E-state index is 7.80. The molecule has 0 saturated carbocycles. The normalized spacial score (nSPS) is 19.8. The molecule has 0 atom stereocenters. The minimum atomic E-state index is -1.20. The Kier molecular flexibility index (Phi) is 7.07. The van der Waals surface area contributed by atoms with E-state index in [1.54, 1.807) is 0 Å². The highest BCUT2D eigenvalue weighted by Gasteiger charge is 2.19. The van der Waals surface area contributed by atoms with Crippen molar-refractivity contribution < 1.29 is 7.48 Å². The van der Waals surface area contributed by atoms with Gasteiger partial charge in [-0.05, 0) is 62.8 Å². The molecule has 25 heavy (non-hydrogen) atoms. The van der Waals surface area contributed by atoms with Gasteiger partial charge in [-0.15, -0.1) is 0 Å². The average molecular weight is 349 g/mol. The van der Waals surface area contributed by atoms with Crippen LogP contribution in [0.4, 0.5) is 0 Å². The summed E-state index contributed by atoms with van der Waals surface area (Å²) < 4.78 is 21.7. The highest BCUT2D eigenvalue weighted by atomic mass is 16.5. The molecule has 1 aliphatic rings. The zero-order valence-corrected chi connectivity index (χ0v) is 16.7. The molecule has 1 aromatic carbocycles. The topological polar surface area (TPSA) is 24.5 Å². The summed E-state index contributed by atoms with van der Waals surface area (Å²) in [6.45, 7) is 12.0. The molecule has 1 aliphatic heterocycles. The quantitative estimate of drug-likeness (QED) is 0.699. The fourth-order valence-electron chi connectivity index (χ4n) is 3.27. The first-order valence-corrected chi connectivity index (χ1v) is 9.89. The lowest BCUT2D eigenvalue weighted by Crippen LogP contribution is -2.29. The van der Waals surface area contributed by atoms with Crippen LogP contribution in [-0.2, 0) is 5.41 Å². The molecule has 0 aliphatic carbocycles. The van der Waals surface area contributed by atoms with Crippen molar-refractivity contribution in [2.75, 3.05) is 39.3 Å². The van der Waals surface area contributed by atoms with E-state index in [1.165, 1.54) is 30.4 Å². The van der Waals surface area contributed by atoms with E-state index in [-0.39, 0.29) is 5.41 Å². The second-order valence-corrected chi connectivity index (χ2v) is 8.21. The van der Waals surface area contributed by atoms with E-state index in [0.717, 1.165) is 45.0 Å². The second kappa shape index (κ2) is 10.2. The van der Waals surface area contributed by atoms with Gasteiger partial charge in [0.25, 0.3) is 0 Å². The number of ether oxygens (including phenoxy) is 1. The van der Waals surface area contributed by atoms with Crippen LogP contribution in [0.25, 0.3) is 0 Å². The molecule has 142 valence electrons. The van der Waals surface area contributed by atoms with Crippen molar-refractivity contribution in [1.82, 2.24) is 10.2 Å². The summed E-state index contributed by atoms with van der Waals surface area (Å²) in [6.07, 6.45) is 5.24. The van der Waals surface area contributed by atoms with Crippen LogP contribution in [-0.4, -0.2) is 44.2 Å². The van der Waals surface area contributed by atoms with E-state index in [2.05, 4.69) is 56.1 Å². The fourth-order valence-corrected chi connectivity index (χ4v) is 3.27. The van der Waals surface area contributed by atoms with Gasteiger partial charge in [-0.3, -0.25) is 0 Å². The van der Waals surface area contributed by atoms with Crippen LogP contribution in [0.15, 0.2) is 18.2 Å². The lowest BCUT2D eigenvalue weighted by atomic mass is 9.85. The van der Waals surface area contributed by atoms with Gasteiger partial charge in [0.15, 0.2) is 0 Å². The molecule has 3 nitrogen and oxygen atoms in total. The maximum atomic E-state index is 7.80. The van der Waals surface area contributed by atoms with Crippen LogP contribution in [0.5, 0.6) is 5.75 Å². The van der Waals surface area contributed by atoms with E-state index in [9.17, 15) is 0 Å². The third-order valence-electron chi connectivity index (χ3n) is 4.80. The highest BCUT2D eigenvalue weighted by Crippen LogP contribution is 2.32. The molecule has 0 unspecified atom stereocenters. The zero-order chi connectivity index (χ0) is 19.9. The van der Waals surface area contributed by atoms with Crippen molar-refractivity contribution >= 4 is 0 Å². The van der Waals surface area contributed by atoms with Crippen molar-refractivity contribution in [2.24, 2.45) is 0 Å². The van der Waals surface area contributed by atoms with E-state index < -0.39 is 6.50 Å². The molecule has 0 spiro atoms. The largest absolute Gasteiger partial charge is 0.493 e. The molecule has 1 fully saturated rings. The molecule has 1 saturated heterocycles. The summed E-state index contributed by atoms with van der Waals surface area (Å²) in [5.74, 6) is 1.03. The molecule has 1 heterocycles. The van der Waals surface area contributed by atoms with Gasteiger partial charge >= 0.3 is 0 Å². The van der Waals surface area contributed by atoms with Crippen LogP contribution >= 0.6 is 0 Å². The third-order valence-corrected chi connectivity index (χ3v) is 4.80. The summed E-state index contributed by atoms with van der Waals surface area (Å²) in [4.78, 5) is 2.39. The smallest absolute Gasteiger partial charge is 0.123 e. The van der Waals surface area contributed by atoms with Gasteiger partial charge in [-0.2, -0.15) is 0 Å². The monoisotopic (exact) mass is 348 g/mol. The first kappa shape index (κ1) is 17.4. The van der Waals surface area contributed by atoms with Crippen LogP contribution in [0.1, 0.15) is 66.7 Å². The van der Waals surface area contributed by atoms with Crippen LogP contribution in [0.3, 0.4) is 0 Å². The third kappa shape index (κ3) is 7.37. The van der Waals surface area contributed by atoms with Crippen LogP contribution < -0.4 is 10.1 Å². The number of nitrogens with zero attached hydrogens (tertiary/aromatic N) is 1. The maximum Gasteiger partial charge on any atom is 0.123 e. The Morgan fingerprint density at radius 1 is 1.16 bits per heavy atom. The number of unbranched alkanes of at least 4 members (excludes halogenated alkanes) is 3. The SMILES string of the molecule is [2H]C1([2H])CCN(CCCCCCOc2ccc(C)cc2C(C)(C)C)CCN1. The van der Waals surface area contributed by atoms with Gasteiger partial charge in [0, 0.05) is 15.8 Å². The summed E-state index contributed by atoms with van der Waals surface area (Å²) in [5.41, 5.74) is 2.67. The van der Waals surface area contributed by atoms with Crippen molar-refractivity contribution in [3.63, 3.8) is 0 Å². The molecular formula is C22H38N2O. The van der Waals surface area contributed by atoms with Crippen molar-refractivity contribution in [3.8, 4) is 5.75 Å². The fraction of sp³-hybridized carbons (Fsp3) is 0.727. The summed E-state index contributed by atoms with van der Waals surface area (Å²) in [6, 6.07) is 6.48. The first-order chi connectivity index (χ1) is 12.7. The molecule has 3 heteroatoms. The molecular weight excluding hydrogens is 308 g/mol. The molecule has 0 amide bonds. The summed E-state index contributed by atoms with van der Waals surface area (Å²) >= 11 is 0. The molecule has 0 aromatic heterocycles. The Bertz CT molecular complexity index is 584. The number of aryl methyl sites for hydroxylation is 1. The van der Waals surface area contributed by atoms with Gasteiger partial charge in [0.1, 0.15) is 5.75 Å². The van der Waals surface area contributed by atoms with Gasteiger partial charge in [-0.25, -0.2) is 0 Å². The van der Waals surface area contributed by atoms with E-state index in [4.69, 9.17) is 7.48 Å². The average Bonchev–Trinajstić information content (AvgIpc) is 2.75. The van der Waals surface area contributed by atoms with E-state index in [0.29, 0.717) is 6.42 Å². The predicted octanol–water partition coefficient (Wildman–Crippen LogP) is 4.53. The lowest BCUT2D eigenvalue weighted by Gasteiger charge is -2.23. The van der Waals surface area contributed by atoms with Crippen molar-refractivity contribution in [2.45, 2.75) is 65.2 Å². The number of rotatable bonds is 8. The van der Waals surface area contributed by atoms with Crippen LogP contribution in [0.2, 0.25) is 0 Å². The first-order valence-electron chi connectivity index (χ1n) is 10.9. The zero-order valence-electron chi connectivity index (χ0n) is 18.7. The Morgan fingerprint density at radius 3 is 2.76 bits per heavy atom. The van der Waals surface area contributed by atoms with Gasteiger partial charge in [0.2, 0.25) is 0 Å². The number of hydrogen-bond donors (Lipinski definition) is 1. The Balaban J connectivity index is 1.63. The number of benzene rings is 1. The summed E-state index contributed by atoms with van der Waals surface area (Å²) in [7, 11) is 0. The van der Waals surface area contributed by atoms with Gasteiger partial charge in [0.05, 0.1) is 6.61 Å². The van der Waals surface area contributed by atoms with Crippen LogP contribution in [0, 0.1) is 6.92 Å². The minimum Gasteiger partial charge on any atom is -0.493 e. The van der Waals surface area contributed by atoms with Crippen molar-refractivity contribution in [1.29, 1.82) is 0 Å². The number of hydrogen-bond acceptors (Lipinski definition) is 3. The molecule has 2 rings (SSSR count). The lowest BCUT2D eigenvalue weighted by molar-refractivity contribution is 0.275. The number of nitrogens with one attached hydrogen (secondary N) is 1. The standard InChI is InChI=1S/C22H38N2O/c1-19-10-11-21(20(18-19)22(2,3)4)25-17-8-6-5-7-14-24-15-9-12-23-13-16-24/h10-11,18,23H,5-9,12-17H2,1-4H3/i12D2. The Hall–Kier alpha value is -1.06. The molecule has 0 bridgehead atoms. The van der Waals surface area contributed by atoms with Gasteiger partial charge < -0.3 is 15.0 Å². The molecule has 1 N–H and O–H groups in total. The minimum absolute atomic E-state index is 0.0963. The molecule has 0 radical (unpaired) electrons.